The van der Waals surface area contributed by atoms with Crippen molar-refractivity contribution in [2.75, 3.05) is 0 Å². The van der Waals surface area contributed by atoms with E-state index in [0.717, 1.165) is 56.4 Å². The van der Waals surface area contributed by atoms with Crippen LogP contribution < -0.4 is 0 Å². The molecule has 0 amide bonds. The minimum absolute atomic E-state index is 0.600. The van der Waals surface area contributed by atoms with E-state index in [1.54, 1.807) is 0 Å². The molecule has 0 unspecified atom stereocenters. The van der Waals surface area contributed by atoms with Crippen molar-refractivity contribution in [1.82, 2.24) is 0 Å². The summed E-state index contributed by atoms with van der Waals surface area (Å²) in [6, 6.07) is 19.7. The van der Waals surface area contributed by atoms with Crippen molar-refractivity contribution in [2.45, 2.75) is 20.3 Å². The molecule has 2 heteroatoms. The molecule has 2 aromatic carbocycles. The quantitative estimate of drug-likeness (QED) is 0.387. The number of hydrogen-bond donors (Lipinski definition) is 0. The summed E-state index contributed by atoms with van der Waals surface area (Å²) in [6.07, 6.45) is 11.5. The van der Waals surface area contributed by atoms with Crippen molar-refractivity contribution in [2.24, 2.45) is 0 Å². The fraction of sp³-hybridized carbons (Fsp3) is 0.111. The summed E-state index contributed by atoms with van der Waals surface area (Å²) in [5.41, 5.74) is 5.90. The van der Waals surface area contributed by atoms with Gasteiger partial charge in [-0.2, -0.15) is 0 Å². The predicted octanol–water partition coefficient (Wildman–Crippen LogP) is 6.38. The SMILES string of the molecule is C#Cc1ccc(-c2cc(C)c(Cc3oc(-c4ccc(C#C)cc4)cc3C)o2)cc1. The first-order valence-electron chi connectivity index (χ1n) is 9.40. The molecule has 0 N–H and O–H groups in total. The predicted molar refractivity (Wildman–Crippen MR) is 116 cm³/mol. The van der Waals surface area contributed by atoms with E-state index in [-0.39, 0.29) is 0 Å². The Kier molecular flexibility index (Phi) is 4.86. The van der Waals surface area contributed by atoms with Gasteiger partial charge in [0.2, 0.25) is 0 Å². The van der Waals surface area contributed by atoms with Crippen molar-refractivity contribution in [3.63, 3.8) is 0 Å². The summed E-state index contributed by atoms with van der Waals surface area (Å²) in [7, 11) is 0. The Balaban J connectivity index is 1.59. The first kappa shape index (κ1) is 18.5. The molecule has 0 saturated carbocycles. The van der Waals surface area contributed by atoms with Crippen LogP contribution in [0.15, 0.2) is 69.5 Å². The van der Waals surface area contributed by atoms with Crippen LogP contribution in [0, 0.1) is 38.5 Å². The maximum atomic E-state index is 6.14. The van der Waals surface area contributed by atoms with Crippen molar-refractivity contribution in [3.05, 3.63) is 94.4 Å². The Bertz CT molecular complexity index is 1130. The van der Waals surface area contributed by atoms with E-state index < -0.39 is 0 Å². The molecule has 0 aliphatic carbocycles. The molecule has 0 radical (unpaired) electrons. The van der Waals surface area contributed by atoms with Crippen LogP contribution in [-0.4, -0.2) is 0 Å². The number of hydrogen-bond acceptors (Lipinski definition) is 2. The Morgan fingerprint density at radius 1 is 0.655 bits per heavy atom. The van der Waals surface area contributed by atoms with Crippen LogP contribution >= 0.6 is 0 Å². The van der Waals surface area contributed by atoms with Gasteiger partial charge in [0.1, 0.15) is 23.0 Å². The molecular weight excluding hydrogens is 356 g/mol. The summed E-state index contributed by atoms with van der Waals surface area (Å²) < 4.78 is 12.3. The molecule has 0 aliphatic heterocycles. The number of rotatable bonds is 4. The summed E-state index contributed by atoms with van der Waals surface area (Å²) in [5, 5.41) is 0. The molecule has 0 fully saturated rings. The van der Waals surface area contributed by atoms with Gasteiger partial charge in [-0.3, -0.25) is 0 Å². The van der Waals surface area contributed by atoms with Crippen LogP contribution in [0.3, 0.4) is 0 Å². The molecule has 0 bridgehead atoms. The van der Waals surface area contributed by atoms with Crippen LogP contribution in [0.25, 0.3) is 22.6 Å². The van der Waals surface area contributed by atoms with E-state index in [0.29, 0.717) is 6.42 Å². The lowest BCUT2D eigenvalue weighted by molar-refractivity contribution is 0.483. The molecule has 29 heavy (non-hydrogen) atoms. The lowest BCUT2D eigenvalue weighted by Crippen LogP contribution is -1.87. The largest absolute Gasteiger partial charge is 0.460 e. The average Bonchev–Trinajstić information content (AvgIpc) is 3.31. The zero-order valence-electron chi connectivity index (χ0n) is 16.5. The summed E-state index contributed by atoms with van der Waals surface area (Å²) >= 11 is 0. The van der Waals surface area contributed by atoms with Gasteiger partial charge in [0.15, 0.2) is 0 Å². The summed E-state index contributed by atoms with van der Waals surface area (Å²) in [5.74, 6) is 8.71. The van der Waals surface area contributed by atoms with Gasteiger partial charge in [0.05, 0.1) is 6.42 Å². The van der Waals surface area contributed by atoms with Crippen LogP contribution in [0.5, 0.6) is 0 Å². The van der Waals surface area contributed by atoms with E-state index in [2.05, 4.69) is 37.8 Å². The second-order valence-corrected chi connectivity index (χ2v) is 7.05. The molecule has 4 aromatic rings. The zero-order valence-corrected chi connectivity index (χ0v) is 16.5. The normalized spacial score (nSPS) is 10.5. The molecule has 140 valence electrons. The van der Waals surface area contributed by atoms with Crippen LogP contribution in [0.2, 0.25) is 0 Å². The van der Waals surface area contributed by atoms with Crippen molar-refractivity contribution >= 4 is 0 Å². The third-order valence-corrected chi connectivity index (χ3v) is 5.03. The first-order chi connectivity index (χ1) is 14.1. The third kappa shape index (κ3) is 3.75. The molecule has 4 rings (SSSR count). The first-order valence-corrected chi connectivity index (χ1v) is 9.40. The van der Waals surface area contributed by atoms with E-state index >= 15 is 0 Å². The maximum absolute atomic E-state index is 6.14. The fourth-order valence-corrected chi connectivity index (χ4v) is 3.28. The fourth-order valence-electron chi connectivity index (χ4n) is 3.28. The molecule has 0 atom stereocenters. The van der Waals surface area contributed by atoms with Gasteiger partial charge in [-0.25, -0.2) is 0 Å². The minimum atomic E-state index is 0.600. The zero-order chi connectivity index (χ0) is 20.4. The second-order valence-electron chi connectivity index (χ2n) is 7.05. The standard InChI is InChI=1S/C27H20O2/c1-5-20-7-11-22(12-8-20)26-15-18(3)24(28-26)17-25-19(4)16-27(29-25)23-13-9-21(6-2)10-14-23/h1-2,7-16H,17H2,3-4H3. The Morgan fingerprint density at radius 3 is 1.38 bits per heavy atom. The highest BCUT2D eigenvalue weighted by molar-refractivity contribution is 5.62. The summed E-state index contributed by atoms with van der Waals surface area (Å²) in [4.78, 5) is 0. The molecule has 2 aromatic heterocycles. The molecule has 2 heterocycles. The van der Waals surface area contributed by atoms with E-state index in [9.17, 15) is 0 Å². The molecule has 0 saturated heterocycles. The molecule has 0 aliphatic rings. The number of benzene rings is 2. The highest BCUT2D eigenvalue weighted by Gasteiger charge is 2.15. The average molecular weight is 376 g/mol. The Labute approximate surface area is 171 Å². The molecule has 0 spiro atoms. The van der Waals surface area contributed by atoms with Gasteiger partial charge in [-0.1, -0.05) is 36.1 Å². The van der Waals surface area contributed by atoms with Gasteiger partial charge in [0.25, 0.3) is 0 Å². The number of aryl methyl sites for hydroxylation is 2. The number of terminal acetylenes is 2. The highest BCUT2D eigenvalue weighted by Crippen LogP contribution is 2.31. The topological polar surface area (TPSA) is 26.3 Å². The van der Waals surface area contributed by atoms with Crippen molar-refractivity contribution < 1.29 is 8.83 Å². The molecular formula is C27H20O2. The second kappa shape index (κ2) is 7.63. The third-order valence-electron chi connectivity index (χ3n) is 5.03. The van der Waals surface area contributed by atoms with E-state index in [4.69, 9.17) is 21.7 Å². The van der Waals surface area contributed by atoms with Crippen LogP contribution in [0.1, 0.15) is 33.8 Å². The van der Waals surface area contributed by atoms with E-state index in [1.807, 2.05) is 48.5 Å². The highest BCUT2D eigenvalue weighted by atomic mass is 16.4. The lowest BCUT2D eigenvalue weighted by atomic mass is 10.1. The van der Waals surface area contributed by atoms with Gasteiger partial charge >= 0.3 is 0 Å². The summed E-state index contributed by atoms with van der Waals surface area (Å²) in [6.45, 7) is 4.10. The minimum Gasteiger partial charge on any atom is -0.460 e. The van der Waals surface area contributed by atoms with E-state index in [1.165, 1.54) is 0 Å². The lowest BCUT2D eigenvalue weighted by Gasteiger charge is -2.00. The smallest absolute Gasteiger partial charge is 0.134 e. The van der Waals surface area contributed by atoms with Crippen LogP contribution in [0.4, 0.5) is 0 Å². The Hall–Kier alpha value is -3.88. The molecule has 2 nitrogen and oxygen atoms in total. The van der Waals surface area contributed by atoms with Crippen molar-refractivity contribution in [1.29, 1.82) is 0 Å². The maximum Gasteiger partial charge on any atom is 0.134 e. The number of furan rings is 2. The van der Waals surface area contributed by atoms with Gasteiger partial charge in [-0.15, -0.1) is 12.8 Å². The Morgan fingerprint density at radius 2 is 1.03 bits per heavy atom. The van der Waals surface area contributed by atoms with Gasteiger partial charge in [0, 0.05) is 22.3 Å². The van der Waals surface area contributed by atoms with Crippen LogP contribution in [-0.2, 0) is 6.42 Å². The van der Waals surface area contributed by atoms with Gasteiger partial charge in [-0.05, 0) is 61.4 Å². The van der Waals surface area contributed by atoms with Gasteiger partial charge < -0.3 is 8.83 Å². The monoisotopic (exact) mass is 376 g/mol. The van der Waals surface area contributed by atoms with Crippen molar-refractivity contribution in [3.8, 4) is 47.3 Å².